The topological polar surface area (TPSA) is 37.4 Å². The van der Waals surface area contributed by atoms with Crippen LogP contribution in [0.15, 0.2) is 127 Å². The minimum Gasteiger partial charge on any atom is -0.293 e. The Morgan fingerprint density at radius 3 is 1.59 bits per heavy atom. The molecule has 10 rings (SSSR count). The maximum Gasteiger partial charge on any atom is 0.198 e. The third-order valence-corrected chi connectivity index (χ3v) is 12.8. The first-order valence-electron chi connectivity index (χ1n) is 17.6. The molecule has 0 saturated heterocycles. The van der Waals surface area contributed by atoms with Gasteiger partial charge in [0.1, 0.15) is 10.0 Å². The molecule has 0 amide bonds. The molecule has 0 unspecified atom stereocenters. The largest absolute Gasteiger partial charge is 0.293 e. The first-order valence-corrected chi connectivity index (χ1v) is 19.2. The van der Waals surface area contributed by atoms with Crippen molar-refractivity contribution in [3.05, 3.63) is 166 Å². The smallest absolute Gasteiger partial charge is 0.198 e. The van der Waals surface area contributed by atoms with Crippen molar-refractivity contribution in [2.24, 2.45) is 0 Å². The molecule has 260 valence electrons. The number of ketones is 2. The van der Waals surface area contributed by atoms with Crippen molar-refractivity contribution in [3.8, 4) is 0 Å². The molecule has 7 heteroatoms. The zero-order chi connectivity index (χ0) is 37.0. The SMILES string of the molecule is CC(=C1C(=O)c2cc(F)c(F)cc2C1=O)c1ccc2c3ccc(N(c4cc5ccc(C)cc5s4)c4cc5ccc(C)cc5s4)cc3c3ccccc3c2c1. The minimum absolute atomic E-state index is 0.0584. The molecule has 3 nitrogen and oxygen atoms in total. The van der Waals surface area contributed by atoms with Gasteiger partial charge < -0.3 is 0 Å². The summed E-state index contributed by atoms with van der Waals surface area (Å²) in [5.41, 5.74) is 4.42. The third kappa shape index (κ3) is 4.96. The van der Waals surface area contributed by atoms with Crippen LogP contribution in [0.1, 0.15) is 44.3 Å². The highest BCUT2D eigenvalue weighted by atomic mass is 32.1. The predicted octanol–water partition coefficient (Wildman–Crippen LogP) is 13.8. The fourth-order valence-corrected chi connectivity index (χ4v) is 10.4. The molecule has 1 aliphatic rings. The molecule has 9 aromatic rings. The highest BCUT2D eigenvalue weighted by Crippen LogP contribution is 2.48. The second-order valence-corrected chi connectivity index (χ2v) is 16.2. The molecule has 1 aliphatic carbocycles. The molecular formula is C47H29F2NO2S2. The Hall–Kier alpha value is -6.02. The number of anilines is 3. The monoisotopic (exact) mass is 741 g/mol. The highest BCUT2D eigenvalue weighted by Gasteiger charge is 2.36. The van der Waals surface area contributed by atoms with Gasteiger partial charge in [0.15, 0.2) is 23.2 Å². The number of rotatable bonds is 4. The molecule has 0 spiro atoms. The van der Waals surface area contributed by atoms with Gasteiger partial charge in [-0.05, 0) is 141 Å². The van der Waals surface area contributed by atoms with E-state index in [0.29, 0.717) is 11.1 Å². The van der Waals surface area contributed by atoms with Gasteiger partial charge in [0.2, 0.25) is 0 Å². The van der Waals surface area contributed by atoms with E-state index in [0.717, 1.165) is 60.1 Å². The summed E-state index contributed by atoms with van der Waals surface area (Å²) in [6.07, 6.45) is 0. The van der Waals surface area contributed by atoms with Crippen molar-refractivity contribution in [1.82, 2.24) is 0 Å². The fourth-order valence-electron chi connectivity index (χ4n) is 7.93. The fraction of sp³-hybridized carbons (Fsp3) is 0.0638. The van der Waals surface area contributed by atoms with E-state index in [-0.39, 0.29) is 16.7 Å². The number of thiophene rings is 2. The molecule has 0 saturated carbocycles. The van der Waals surface area contributed by atoms with Gasteiger partial charge in [0, 0.05) is 26.2 Å². The number of aryl methyl sites for hydroxylation is 2. The minimum atomic E-state index is -1.15. The first-order chi connectivity index (χ1) is 26.1. The summed E-state index contributed by atoms with van der Waals surface area (Å²) in [5, 5.41) is 11.0. The molecule has 7 aromatic carbocycles. The number of nitrogens with zero attached hydrogens (tertiary/aromatic N) is 1. The van der Waals surface area contributed by atoms with Crippen LogP contribution in [0.4, 0.5) is 24.5 Å². The second-order valence-electron chi connectivity index (χ2n) is 14.1. The van der Waals surface area contributed by atoms with E-state index >= 15 is 0 Å². The molecule has 54 heavy (non-hydrogen) atoms. The summed E-state index contributed by atoms with van der Waals surface area (Å²) < 4.78 is 30.6. The Morgan fingerprint density at radius 2 is 1.04 bits per heavy atom. The molecule has 0 bridgehead atoms. The number of carbonyl (C=O) groups is 2. The van der Waals surface area contributed by atoms with Crippen LogP contribution in [0.3, 0.4) is 0 Å². The van der Waals surface area contributed by atoms with Gasteiger partial charge in [-0.25, -0.2) is 8.78 Å². The van der Waals surface area contributed by atoms with Crippen LogP contribution in [0, 0.1) is 25.5 Å². The van der Waals surface area contributed by atoms with Gasteiger partial charge in [-0.15, -0.1) is 22.7 Å². The van der Waals surface area contributed by atoms with E-state index in [1.165, 1.54) is 31.3 Å². The molecule has 2 heterocycles. The summed E-state index contributed by atoms with van der Waals surface area (Å²) in [6, 6.07) is 40.4. The number of halogens is 2. The van der Waals surface area contributed by atoms with Crippen molar-refractivity contribution < 1.29 is 18.4 Å². The lowest BCUT2D eigenvalue weighted by Gasteiger charge is -2.23. The van der Waals surface area contributed by atoms with Crippen molar-refractivity contribution in [2.75, 3.05) is 4.90 Å². The second kappa shape index (κ2) is 12.0. The maximum atomic E-state index is 14.1. The Kier molecular flexibility index (Phi) is 7.25. The van der Waals surface area contributed by atoms with Gasteiger partial charge in [-0.3, -0.25) is 14.5 Å². The van der Waals surface area contributed by atoms with Crippen LogP contribution in [0.5, 0.6) is 0 Å². The average molecular weight is 742 g/mol. The van der Waals surface area contributed by atoms with Gasteiger partial charge in [0.25, 0.3) is 0 Å². The number of allylic oxidation sites excluding steroid dienone is 2. The molecule has 0 radical (unpaired) electrons. The summed E-state index contributed by atoms with van der Waals surface area (Å²) in [5.74, 6) is -3.48. The number of Topliss-reactive ketones (excluding diaryl/α,β-unsaturated/α-hetero) is 2. The Bertz CT molecular complexity index is 3030. The van der Waals surface area contributed by atoms with Crippen LogP contribution in [-0.2, 0) is 0 Å². The molecule has 0 N–H and O–H groups in total. The molecular weight excluding hydrogens is 713 g/mol. The quantitative estimate of drug-likeness (QED) is 0.102. The van der Waals surface area contributed by atoms with E-state index in [4.69, 9.17) is 0 Å². The highest BCUT2D eigenvalue weighted by molar-refractivity contribution is 7.25. The van der Waals surface area contributed by atoms with Crippen LogP contribution >= 0.6 is 22.7 Å². The van der Waals surface area contributed by atoms with Gasteiger partial charge in [-0.2, -0.15) is 0 Å². The number of benzene rings is 7. The lowest BCUT2D eigenvalue weighted by molar-refractivity contribution is 0.0989. The molecule has 0 fully saturated rings. The Morgan fingerprint density at radius 1 is 0.537 bits per heavy atom. The molecule has 0 aliphatic heterocycles. The maximum absolute atomic E-state index is 14.1. The lowest BCUT2D eigenvalue weighted by atomic mass is 9.90. The van der Waals surface area contributed by atoms with Crippen molar-refractivity contribution >= 4 is 108 Å². The number of hydrogen-bond acceptors (Lipinski definition) is 5. The van der Waals surface area contributed by atoms with Crippen molar-refractivity contribution in [2.45, 2.75) is 20.8 Å². The van der Waals surface area contributed by atoms with E-state index in [9.17, 15) is 18.4 Å². The van der Waals surface area contributed by atoms with Crippen molar-refractivity contribution in [1.29, 1.82) is 0 Å². The summed E-state index contributed by atoms with van der Waals surface area (Å²) >= 11 is 3.58. The average Bonchev–Trinajstić information content (AvgIpc) is 3.84. The third-order valence-electron chi connectivity index (χ3n) is 10.7. The summed E-state index contributed by atoms with van der Waals surface area (Å²) in [7, 11) is 0. The lowest BCUT2D eigenvalue weighted by Crippen LogP contribution is -2.06. The van der Waals surface area contributed by atoms with Crippen LogP contribution in [0.25, 0.3) is 58.1 Å². The van der Waals surface area contributed by atoms with Gasteiger partial charge in [0.05, 0.1) is 5.57 Å². The molecule has 0 atom stereocenters. The van der Waals surface area contributed by atoms with Crippen LogP contribution in [-0.4, -0.2) is 11.6 Å². The Labute approximate surface area is 317 Å². The van der Waals surface area contributed by atoms with Crippen LogP contribution in [0.2, 0.25) is 0 Å². The molecule has 2 aromatic heterocycles. The Balaban J connectivity index is 1.16. The van der Waals surface area contributed by atoms with E-state index in [2.05, 4.69) is 97.6 Å². The number of hydrogen-bond donors (Lipinski definition) is 0. The normalized spacial score (nSPS) is 12.9. The van der Waals surface area contributed by atoms with Crippen molar-refractivity contribution in [3.63, 3.8) is 0 Å². The van der Waals surface area contributed by atoms with E-state index in [1.54, 1.807) is 29.6 Å². The number of carbonyl (C=O) groups excluding carboxylic acids is 2. The van der Waals surface area contributed by atoms with Crippen LogP contribution < -0.4 is 4.90 Å². The van der Waals surface area contributed by atoms with E-state index < -0.39 is 23.2 Å². The zero-order valence-electron chi connectivity index (χ0n) is 29.4. The predicted molar refractivity (Wildman–Crippen MR) is 221 cm³/mol. The summed E-state index contributed by atoms with van der Waals surface area (Å²) in [4.78, 5) is 29.2. The summed E-state index contributed by atoms with van der Waals surface area (Å²) in [6.45, 7) is 5.98. The number of fused-ring (bicyclic) bond motifs is 9. The van der Waals surface area contributed by atoms with Gasteiger partial charge >= 0.3 is 0 Å². The van der Waals surface area contributed by atoms with E-state index in [1.807, 2.05) is 30.3 Å². The van der Waals surface area contributed by atoms with Gasteiger partial charge in [-0.1, -0.05) is 66.7 Å². The first kappa shape index (κ1) is 32.6. The zero-order valence-corrected chi connectivity index (χ0v) is 31.0. The standard InChI is InChI=1S/C47H29F2NO2S2/c1-24-8-10-28-19-43(53-41(28)16-24)50(44-20-29-11-9-25(2)17-42(29)54-44)30-13-15-34-33-14-12-27(18-35(33)31-6-4-5-7-32(31)36(34)21-30)26(3)45-46(51)37-22-39(48)40(49)23-38(37)47(45)52/h4-23H,1-3H3.